The lowest BCUT2D eigenvalue weighted by molar-refractivity contribution is 1.72. The minimum atomic E-state index is 0.787. The van der Waals surface area contributed by atoms with Gasteiger partial charge in [0.15, 0.2) is 9.40 Å². The van der Waals surface area contributed by atoms with Gasteiger partial charge < -0.3 is 0 Å². The molecule has 2 aromatic carbocycles. The average Bonchev–Trinajstić information content (AvgIpc) is 2.73. The zero-order valence-electron chi connectivity index (χ0n) is 8.31. The van der Waals surface area contributed by atoms with Crippen LogP contribution in [0.25, 0.3) is 19.2 Å². The summed E-state index contributed by atoms with van der Waals surface area (Å²) >= 11 is 9.55. The van der Waals surface area contributed by atoms with Crippen LogP contribution in [0.1, 0.15) is 0 Å². The zero-order valence-corrected chi connectivity index (χ0v) is 10.7. The molecular formula is C13H8ClS2+. The Hall–Kier alpha value is -0.960. The molecule has 0 amide bonds. The summed E-state index contributed by atoms with van der Waals surface area (Å²) < 4.78 is 4.02. The van der Waals surface area contributed by atoms with Crippen molar-refractivity contribution in [3.05, 3.63) is 53.6 Å². The summed E-state index contributed by atoms with van der Waals surface area (Å²) in [6, 6.07) is 16.5. The van der Waals surface area contributed by atoms with Gasteiger partial charge in [0.1, 0.15) is 0 Å². The highest BCUT2D eigenvalue weighted by molar-refractivity contribution is 7.43. The van der Waals surface area contributed by atoms with Gasteiger partial charge in [0.25, 0.3) is 4.19 Å². The van der Waals surface area contributed by atoms with E-state index in [0.717, 1.165) is 5.02 Å². The predicted molar refractivity (Wildman–Crippen MR) is 74.6 cm³/mol. The first-order chi connectivity index (χ1) is 7.83. The third kappa shape index (κ3) is 1.84. The fourth-order valence-electron chi connectivity index (χ4n) is 1.54. The standard InChI is InChI=1S/C13H8ClS2/c14-10-7-5-9(6-8-10)13-15-11-3-1-2-4-12(11)16-13/h1-8H/q+1. The number of rotatable bonds is 1. The van der Waals surface area contributed by atoms with Crippen molar-refractivity contribution in [1.82, 2.24) is 0 Å². The highest BCUT2D eigenvalue weighted by atomic mass is 35.5. The predicted octanol–water partition coefficient (Wildman–Crippen LogP) is 5.56. The number of fused-ring (bicyclic) bond motifs is 1. The van der Waals surface area contributed by atoms with Crippen molar-refractivity contribution in [2.75, 3.05) is 0 Å². The molecule has 0 radical (unpaired) electrons. The van der Waals surface area contributed by atoms with Crippen LogP contribution in [-0.2, 0) is 0 Å². The van der Waals surface area contributed by atoms with Crippen molar-refractivity contribution in [3.63, 3.8) is 0 Å². The van der Waals surface area contributed by atoms with Gasteiger partial charge in [0.2, 0.25) is 0 Å². The molecule has 1 heterocycles. The first-order valence-corrected chi connectivity index (χ1v) is 6.92. The Bertz CT molecular complexity index is 593. The van der Waals surface area contributed by atoms with Gasteiger partial charge in [-0.3, -0.25) is 0 Å². The van der Waals surface area contributed by atoms with Crippen LogP contribution < -0.4 is 0 Å². The van der Waals surface area contributed by atoms with E-state index >= 15 is 0 Å². The quantitative estimate of drug-likeness (QED) is 0.504. The maximum atomic E-state index is 5.88. The molecular weight excluding hydrogens is 256 g/mol. The molecule has 0 spiro atoms. The number of hydrogen-bond acceptors (Lipinski definition) is 1. The fourth-order valence-corrected chi connectivity index (χ4v) is 4.16. The monoisotopic (exact) mass is 263 g/mol. The molecule has 0 atom stereocenters. The first kappa shape index (κ1) is 10.2. The zero-order chi connectivity index (χ0) is 11.0. The van der Waals surface area contributed by atoms with Crippen molar-refractivity contribution in [1.29, 1.82) is 0 Å². The number of hydrogen-bond donors (Lipinski definition) is 0. The van der Waals surface area contributed by atoms with Crippen LogP contribution >= 0.6 is 34.3 Å². The van der Waals surface area contributed by atoms with Gasteiger partial charge in [-0.25, -0.2) is 0 Å². The maximum absolute atomic E-state index is 5.88. The lowest BCUT2D eigenvalue weighted by Gasteiger charge is -1.89. The SMILES string of the molecule is Clc1ccc(-c2sc3ccccc3[s+]2)cc1. The van der Waals surface area contributed by atoms with E-state index in [1.807, 2.05) is 34.8 Å². The van der Waals surface area contributed by atoms with Crippen LogP contribution in [0.5, 0.6) is 0 Å². The Morgan fingerprint density at radius 1 is 0.938 bits per heavy atom. The Morgan fingerprint density at radius 2 is 1.69 bits per heavy atom. The topological polar surface area (TPSA) is 0 Å². The molecule has 3 aromatic rings. The van der Waals surface area contributed by atoms with Gasteiger partial charge >= 0.3 is 0 Å². The minimum Gasteiger partial charge on any atom is -0.0843 e. The van der Waals surface area contributed by atoms with Crippen LogP contribution in [0.4, 0.5) is 0 Å². The van der Waals surface area contributed by atoms with E-state index < -0.39 is 0 Å². The van der Waals surface area contributed by atoms with Gasteiger partial charge in [0, 0.05) is 10.6 Å². The van der Waals surface area contributed by atoms with E-state index in [1.165, 1.54) is 19.2 Å². The highest BCUT2D eigenvalue weighted by Crippen LogP contribution is 2.38. The molecule has 16 heavy (non-hydrogen) atoms. The third-order valence-electron chi connectivity index (χ3n) is 2.33. The molecule has 0 unspecified atom stereocenters. The van der Waals surface area contributed by atoms with E-state index in [0.29, 0.717) is 0 Å². The van der Waals surface area contributed by atoms with Crippen molar-refractivity contribution < 1.29 is 0 Å². The maximum Gasteiger partial charge on any atom is 0.286 e. The van der Waals surface area contributed by atoms with Crippen molar-refractivity contribution in [3.8, 4) is 9.75 Å². The van der Waals surface area contributed by atoms with Crippen LogP contribution in [0, 0.1) is 0 Å². The summed E-state index contributed by atoms with van der Waals surface area (Å²) in [5, 5.41) is 0.787. The molecule has 1 aromatic heterocycles. The van der Waals surface area contributed by atoms with Crippen molar-refractivity contribution in [2.45, 2.75) is 0 Å². The van der Waals surface area contributed by atoms with Gasteiger partial charge in [-0.05, 0) is 36.4 Å². The largest absolute Gasteiger partial charge is 0.286 e. The second-order valence-corrected chi connectivity index (χ2v) is 6.24. The van der Waals surface area contributed by atoms with Gasteiger partial charge in [-0.2, -0.15) is 0 Å². The molecule has 0 nitrogen and oxygen atoms in total. The summed E-state index contributed by atoms with van der Waals surface area (Å²) in [7, 11) is 0. The van der Waals surface area contributed by atoms with E-state index in [4.69, 9.17) is 11.6 Å². The van der Waals surface area contributed by atoms with Gasteiger partial charge in [0.05, 0.1) is 22.7 Å². The Balaban J connectivity index is 2.15. The highest BCUT2D eigenvalue weighted by Gasteiger charge is 2.16. The molecule has 0 bridgehead atoms. The summed E-state index contributed by atoms with van der Waals surface area (Å²) in [5.74, 6) is 0. The van der Waals surface area contributed by atoms with E-state index in [-0.39, 0.29) is 0 Å². The molecule has 0 aliphatic heterocycles. The second kappa shape index (κ2) is 4.13. The van der Waals surface area contributed by atoms with Gasteiger partial charge in [-0.15, -0.1) is 0 Å². The Kier molecular flexibility index (Phi) is 2.64. The third-order valence-corrected chi connectivity index (χ3v) is 5.21. The lowest BCUT2D eigenvalue weighted by Crippen LogP contribution is -1.68. The fraction of sp³-hybridized carbons (Fsp3) is 0. The Labute approximate surface area is 107 Å². The molecule has 3 rings (SSSR count). The number of benzene rings is 2. The molecule has 0 N–H and O–H groups in total. The summed E-state index contributed by atoms with van der Waals surface area (Å²) in [5.41, 5.74) is 1.25. The molecule has 3 heteroatoms. The van der Waals surface area contributed by atoms with Crippen LogP contribution in [0.2, 0.25) is 5.02 Å². The summed E-state index contributed by atoms with van der Waals surface area (Å²) in [4.78, 5) is 0. The average molecular weight is 264 g/mol. The summed E-state index contributed by atoms with van der Waals surface area (Å²) in [6.45, 7) is 0. The minimum absolute atomic E-state index is 0.787. The first-order valence-electron chi connectivity index (χ1n) is 4.90. The van der Waals surface area contributed by atoms with E-state index in [1.54, 1.807) is 0 Å². The molecule has 0 aliphatic carbocycles. The normalized spacial score (nSPS) is 10.8. The van der Waals surface area contributed by atoms with Crippen molar-refractivity contribution in [2.24, 2.45) is 0 Å². The van der Waals surface area contributed by atoms with E-state index in [9.17, 15) is 0 Å². The second-order valence-electron chi connectivity index (χ2n) is 3.45. The van der Waals surface area contributed by atoms with Crippen LogP contribution in [0.3, 0.4) is 0 Å². The number of halogens is 1. The lowest BCUT2D eigenvalue weighted by atomic mass is 10.2. The van der Waals surface area contributed by atoms with E-state index in [2.05, 4.69) is 36.4 Å². The van der Waals surface area contributed by atoms with Crippen LogP contribution in [0.15, 0.2) is 48.5 Å². The molecule has 0 saturated heterocycles. The molecule has 78 valence electrons. The van der Waals surface area contributed by atoms with Crippen molar-refractivity contribution >= 4 is 43.7 Å². The molecule has 0 aliphatic rings. The molecule has 0 saturated carbocycles. The molecule has 0 fully saturated rings. The van der Waals surface area contributed by atoms with Crippen LogP contribution in [-0.4, -0.2) is 0 Å². The van der Waals surface area contributed by atoms with Gasteiger partial charge in [-0.1, -0.05) is 23.7 Å². The summed E-state index contributed by atoms with van der Waals surface area (Å²) in [6.07, 6.45) is 0. The smallest absolute Gasteiger partial charge is 0.0843 e. The Morgan fingerprint density at radius 3 is 2.44 bits per heavy atom.